The van der Waals surface area contributed by atoms with Gasteiger partial charge in [0.05, 0.1) is 19.5 Å². The summed E-state index contributed by atoms with van der Waals surface area (Å²) in [5, 5.41) is 14.9. The fourth-order valence-corrected chi connectivity index (χ4v) is 2.85. The molecule has 8 nitrogen and oxygen atoms in total. The zero-order valence-corrected chi connectivity index (χ0v) is 15.8. The van der Waals surface area contributed by atoms with Crippen LogP contribution in [0.2, 0.25) is 0 Å². The largest absolute Gasteiger partial charge is 0.497 e. The molecular formula is C16H23N5O3S. The summed E-state index contributed by atoms with van der Waals surface area (Å²) < 4.78 is 12.2. The number of ether oxygens (including phenoxy) is 2. The molecule has 0 radical (unpaired) electrons. The van der Waals surface area contributed by atoms with E-state index < -0.39 is 0 Å². The minimum atomic E-state index is -0.333. The van der Waals surface area contributed by atoms with Crippen LogP contribution >= 0.6 is 11.8 Å². The van der Waals surface area contributed by atoms with E-state index in [0.29, 0.717) is 34.8 Å². The lowest BCUT2D eigenvalue weighted by Gasteiger charge is -2.14. The third-order valence-electron chi connectivity index (χ3n) is 3.39. The van der Waals surface area contributed by atoms with Crippen LogP contribution in [0.3, 0.4) is 0 Å². The minimum Gasteiger partial charge on any atom is -0.497 e. The van der Waals surface area contributed by atoms with Crippen LogP contribution in [0.5, 0.6) is 11.5 Å². The van der Waals surface area contributed by atoms with Gasteiger partial charge in [0.25, 0.3) is 0 Å². The predicted octanol–water partition coefficient (Wildman–Crippen LogP) is 1.93. The molecule has 1 amide bonds. The van der Waals surface area contributed by atoms with Gasteiger partial charge in [0.15, 0.2) is 0 Å². The van der Waals surface area contributed by atoms with E-state index in [1.54, 1.807) is 32.4 Å². The molecule has 25 heavy (non-hydrogen) atoms. The molecule has 1 N–H and O–H groups in total. The lowest BCUT2D eigenvalue weighted by Crippen LogP contribution is -2.33. The molecule has 0 saturated heterocycles. The van der Waals surface area contributed by atoms with Crippen LogP contribution in [-0.4, -0.2) is 52.1 Å². The van der Waals surface area contributed by atoms with Crippen molar-refractivity contribution in [1.29, 1.82) is 0 Å². The number of aromatic nitrogens is 4. The lowest BCUT2D eigenvalue weighted by molar-refractivity contribution is -0.120. The number of rotatable bonds is 8. The summed E-state index contributed by atoms with van der Waals surface area (Å²) >= 11 is 1.28. The Labute approximate surface area is 151 Å². The van der Waals surface area contributed by atoms with Crippen LogP contribution in [0, 0.1) is 5.92 Å². The van der Waals surface area contributed by atoms with Gasteiger partial charge in [0, 0.05) is 12.6 Å². The highest BCUT2D eigenvalue weighted by atomic mass is 32.2. The first kappa shape index (κ1) is 19.0. The average molecular weight is 365 g/mol. The summed E-state index contributed by atoms with van der Waals surface area (Å²) in [6.07, 6.45) is 0. The Balaban J connectivity index is 2.22. The van der Waals surface area contributed by atoms with Crippen molar-refractivity contribution in [2.24, 2.45) is 5.92 Å². The number of carbonyl (C=O) groups is 1. The average Bonchev–Trinajstić information content (AvgIpc) is 3.06. The van der Waals surface area contributed by atoms with Crippen LogP contribution in [0.15, 0.2) is 23.4 Å². The number of nitrogens with zero attached hydrogens (tertiary/aromatic N) is 4. The summed E-state index contributed by atoms with van der Waals surface area (Å²) in [5.41, 5.74) is 0.643. The topological polar surface area (TPSA) is 91.2 Å². The number of tetrazole rings is 1. The smallest absolute Gasteiger partial charge is 0.233 e. The molecule has 1 heterocycles. The molecule has 2 rings (SSSR count). The molecule has 1 atom stereocenters. The fourth-order valence-electron chi connectivity index (χ4n) is 2.03. The molecule has 1 unspecified atom stereocenters. The number of nitrogens with one attached hydrogen (secondary N) is 1. The Hall–Kier alpha value is -2.29. The van der Waals surface area contributed by atoms with Gasteiger partial charge >= 0.3 is 0 Å². The SMILES string of the molecule is COc1ccc(OC)c(-n2nnnc2SC(C)C(=O)NCC(C)C)c1. The quantitative estimate of drug-likeness (QED) is 0.715. The van der Waals surface area contributed by atoms with Crippen LogP contribution in [-0.2, 0) is 4.79 Å². The molecule has 0 spiro atoms. The number of hydrogen-bond acceptors (Lipinski definition) is 7. The van der Waals surface area contributed by atoms with Crippen molar-refractivity contribution in [2.45, 2.75) is 31.2 Å². The maximum absolute atomic E-state index is 12.2. The van der Waals surface area contributed by atoms with Crippen LogP contribution in [0.25, 0.3) is 5.69 Å². The first-order chi connectivity index (χ1) is 12.0. The minimum absolute atomic E-state index is 0.0501. The lowest BCUT2D eigenvalue weighted by atomic mass is 10.2. The van der Waals surface area contributed by atoms with E-state index in [1.165, 1.54) is 16.4 Å². The van der Waals surface area contributed by atoms with Crippen molar-refractivity contribution in [3.05, 3.63) is 18.2 Å². The molecule has 0 aliphatic carbocycles. The molecule has 1 aromatic carbocycles. The Kier molecular flexibility index (Phi) is 6.63. The molecule has 0 fully saturated rings. The fraction of sp³-hybridized carbons (Fsp3) is 0.500. The summed E-state index contributed by atoms with van der Waals surface area (Å²) in [4.78, 5) is 12.2. The first-order valence-corrected chi connectivity index (χ1v) is 8.79. The third kappa shape index (κ3) is 4.85. The number of hydrogen-bond donors (Lipinski definition) is 1. The van der Waals surface area contributed by atoms with E-state index in [2.05, 4.69) is 20.8 Å². The molecule has 2 aromatic rings. The molecule has 1 aromatic heterocycles. The van der Waals surface area contributed by atoms with Crippen molar-refractivity contribution in [3.63, 3.8) is 0 Å². The van der Waals surface area contributed by atoms with Gasteiger partial charge in [0.1, 0.15) is 17.2 Å². The van der Waals surface area contributed by atoms with Crippen molar-refractivity contribution < 1.29 is 14.3 Å². The monoisotopic (exact) mass is 365 g/mol. The van der Waals surface area contributed by atoms with Gasteiger partial charge in [-0.05, 0) is 35.4 Å². The Bertz CT molecular complexity index is 720. The Morgan fingerprint density at radius 2 is 2.04 bits per heavy atom. The van der Waals surface area contributed by atoms with Crippen LogP contribution in [0.1, 0.15) is 20.8 Å². The Morgan fingerprint density at radius 1 is 1.28 bits per heavy atom. The summed E-state index contributed by atoms with van der Waals surface area (Å²) in [6, 6.07) is 5.35. The van der Waals surface area contributed by atoms with E-state index in [-0.39, 0.29) is 11.2 Å². The standard InChI is InChI=1S/C16H23N5O3S/c1-10(2)9-17-15(22)11(3)25-16-18-19-20-21(16)13-8-12(23-4)6-7-14(13)24-5/h6-8,10-11H,9H2,1-5H3,(H,17,22). The number of amides is 1. The van der Waals surface area contributed by atoms with Gasteiger partial charge in [-0.2, -0.15) is 4.68 Å². The number of methoxy groups -OCH3 is 2. The van der Waals surface area contributed by atoms with Crippen molar-refractivity contribution in [3.8, 4) is 17.2 Å². The number of benzene rings is 1. The highest BCUT2D eigenvalue weighted by Crippen LogP contribution is 2.30. The molecule has 0 aliphatic heterocycles. The van der Waals surface area contributed by atoms with Crippen LogP contribution in [0.4, 0.5) is 0 Å². The number of carbonyl (C=O) groups excluding carboxylic acids is 1. The maximum Gasteiger partial charge on any atom is 0.233 e. The van der Waals surface area contributed by atoms with Crippen molar-refractivity contribution in [1.82, 2.24) is 25.5 Å². The van der Waals surface area contributed by atoms with Gasteiger partial charge in [-0.15, -0.1) is 5.10 Å². The van der Waals surface area contributed by atoms with Crippen molar-refractivity contribution >= 4 is 17.7 Å². The van der Waals surface area contributed by atoms with Gasteiger partial charge in [-0.25, -0.2) is 0 Å². The molecule has 0 aliphatic rings. The second-order valence-corrected chi connectivity index (χ2v) is 7.12. The highest BCUT2D eigenvalue weighted by Gasteiger charge is 2.21. The van der Waals surface area contributed by atoms with E-state index in [9.17, 15) is 4.79 Å². The molecular weight excluding hydrogens is 342 g/mol. The molecule has 136 valence electrons. The second kappa shape index (κ2) is 8.70. The summed E-state index contributed by atoms with van der Waals surface area (Å²) in [6.45, 7) is 6.56. The van der Waals surface area contributed by atoms with E-state index in [1.807, 2.05) is 20.8 Å². The summed E-state index contributed by atoms with van der Waals surface area (Å²) in [7, 11) is 3.16. The Morgan fingerprint density at radius 3 is 2.68 bits per heavy atom. The van der Waals surface area contributed by atoms with Gasteiger partial charge < -0.3 is 14.8 Å². The predicted molar refractivity (Wildman–Crippen MR) is 95.4 cm³/mol. The maximum atomic E-state index is 12.2. The first-order valence-electron chi connectivity index (χ1n) is 7.91. The molecule has 0 bridgehead atoms. The van der Waals surface area contributed by atoms with Gasteiger partial charge in [-0.1, -0.05) is 25.6 Å². The van der Waals surface area contributed by atoms with Gasteiger partial charge in [0.2, 0.25) is 11.1 Å². The van der Waals surface area contributed by atoms with Crippen LogP contribution < -0.4 is 14.8 Å². The molecule has 9 heteroatoms. The third-order valence-corrected chi connectivity index (χ3v) is 4.42. The van der Waals surface area contributed by atoms with E-state index >= 15 is 0 Å². The van der Waals surface area contributed by atoms with Gasteiger partial charge in [-0.3, -0.25) is 4.79 Å². The normalized spacial score (nSPS) is 12.1. The van der Waals surface area contributed by atoms with E-state index in [4.69, 9.17) is 9.47 Å². The number of thioether (sulfide) groups is 1. The summed E-state index contributed by atoms with van der Waals surface area (Å²) in [5.74, 6) is 1.61. The zero-order chi connectivity index (χ0) is 18.4. The van der Waals surface area contributed by atoms with Crippen molar-refractivity contribution in [2.75, 3.05) is 20.8 Å². The van der Waals surface area contributed by atoms with E-state index in [0.717, 1.165) is 0 Å². The zero-order valence-electron chi connectivity index (χ0n) is 15.0. The second-order valence-electron chi connectivity index (χ2n) is 5.81. The molecule has 0 saturated carbocycles. The highest BCUT2D eigenvalue weighted by molar-refractivity contribution is 8.00.